The standard InChI is InChI=1S/2Au.Cu.In.Se2.3H/c;;;;1-2;;;. The fraction of sp³-hybridized carbons (Fsp3) is 0. The molecule has 0 heterocycles. The zero-order valence-corrected chi connectivity index (χ0v) is 10.4. The summed E-state index contributed by atoms with van der Waals surface area (Å²) < 4.78 is 0. The van der Waals surface area contributed by atoms with Crippen molar-refractivity contribution in [2.45, 2.75) is 0 Å². The van der Waals surface area contributed by atoms with E-state index in [1.54, 1.807) is 0 Å². The van der Waals surface area contributed by atoms with E-state index in [9.17, 15) is 0 Å². The van der Waals surface area contributed by atoms with Crippen LogP contribution >= 0.6 is 0 Å². The van der Waals surface area contributed by atoms with Crippen LogP contribution in [0.25, 0.3) is 0 Å². The van der Waals surface area contributed by atoms with Crippen LogP contribution in [0.2, 0.25) is 0 Å². The van der Waals surface area contributed by atoms with Crippen LogP contribution in [0.15, 0.2) is 0 Å². The van der Waals surface area contributed by atoms with E-state index < -0.39 is 0 Å². The molecule has 6 heavy (non-hydrogen) atoms. The van der Waals surface area contributed by atoms with E-state index in [4.69, 9.17) is 0 Å². The van der Waals surface area contributed by atoms with E-state index in [-0.39, 0.29) is 87.7 Å². The zero-order chi connectivity index (χ0) is 2.00. The van der Waals surface area contributed by atoms with Crippen molar-refractivity contribution < 1.29 is 61.8 Å². The second-order valence-corrected chi connectivity index (χ2v) is 0. The van der Waals surface area contributed by atoms with Crippen molar-refractivity contribution in [3.8, 4) is 0 Å². The normalized spacial score (nSPS) is 1.00. The molecule has 0 N–H and O–H groups in total. The molecule has 0 spiro atoms. The Morgan fingerprint density at radius 3 is 0.833 bits per heavy atom. The van der Waals surface area contributed by atoms with E-state index in [1.807, 2.05) is 0 Å². The number of rotatable bonds is 0. The van der Waals surface area contributed by atoms with E-state index in [1.165, 1.54) is 0 Å². The quantitative estimate of drug-likeness (QED) is 0.255. The van der Waals surface area contributed by atoms with Crippen LogP contribution in [0.5, 0.6) is 0 Å². The first kappa shape index (κ1) is 32.6. The molecule has 0 nitrogen and oxygen atoms in total. The predicted octanol–water partition coefficient (Wildman–Crippen LogP) is -1.95. The van der Waals surface area contributed by atoms with Crippen molar-refractivity contribution in [1.82, 2.24) is 0 Å². The molecule has 0 aliphatic heterocycles. The van der Waals surface area contributed by atoms with Gasteiger partial charge in [0.2, 0.25) is 0 Å². The summed E-state index contributed by atoms with van der Waals surface area (Å²) in [5, 5.41) is 0. The molecule has 0 amide bonds. The molecule has 0 rings (SSSR count). The maximum atomic E-state index is 2.50. The van der Waals surface area contributed by atoms with Gasteiger partial charge in [-0.2, -0.15) is 0 Å². The van der Waals surface area contributed by atoms with Crippen LogP contribution in [-0.2, 0) is 61.8 Å². The van der Waals surface area contributed by atoms with Crippen LogP contribution < -0.4 is 0 Å². The third-order valence-electron chi connectivity index (χ3n) is 0. The van der Waals surface area contributed by atoms with Gasteiger partial charge in [0.1, 0.15) is 0 Å². The predicted molar refractivity (Wildman–Crippen MR) is 21.4 cm³/mol. The molecule has 0 saturated carbocycles. The van der Waals surface area contributed by atoms with Gasteiger partial charge in [-0.15, -0.1) is 0 Å². The first-order valence-electron chi connectivity index (χ1n) is 0.167. The van der Waals surface area contributed by atoms with Gasteiger partial charge in [-0.05, 0) is 0 Å². The maximum absolute atomic E-state index is 2.50. The Kier molecular flexibility index (Phi) is 198. The van der Waals surface area contributed by atoms with Gasteiger partial charge in [-0.3, -0.25) is 0 Å². The van der Waals surface area contributed by atoms with Crippen LogP contribution in [0.3, 0.4) is 0 Å². The van der Waals surface area contributed by atoms with Crippen LogP contribution in [0.4, 0.5) is 0 Å². The third-order valence-corrected chi connectivity index (χ3v) is 0. The van der Waals surface area contributed by atoms with Crippen molar-refractivity contribution in [1.29, 1.82) is 0 Å². The van der Waals surface area contributed by atoms with Crippen LogP contribution in [-0.4, -0.2) is 54.2 Å². The zero-order valence-electron chi connectivity index (χ0n) is 1.72. The van der Waals surface area contributed by atoms with Crippen LogP contribution in [0, 0.1) is 0 Å². The molecule has 0 saturated heterocycles. The Bertz CT molecular complexity index is 11.5. The summed E-state index contributed by atoms with van der Waals surface area (Å²) in [5.74, 6) is 0. The summed E-state index contributed by atoms with van der Waals surface area (Å²) >= 11 is 5.00. The molecule has 0 aromatic rings. The van der Waals surface area contributed by atoms with Gasteiger partial charge >= 0.3 is 54.2 Å². The fourth-order valence-corrected chi connectivity index (χ4v) is 0. The molecule has 51 valence electrons. The Hall–Kier alpha value is 3.91. The first-order chi connectivity index (χ1) is 1.00. The van der Waals surface area contributed by atoms with E-state index in [2.05, 4.69) is 28.4 Å². The summed E-state index contributed by atoms with van der Waals surface area (Å²) in [6.07, 6.45) is 0. The van der Waals surface area contributed by atoms with Gasteiger partial charge in [0.05, 0.1) is 0 Å². The molecule has 5 radical (unpaired) electrons. The van der Waals surface area contributed by atoms with E-state index >= 15 is 0 Å². The topological polar surface area (TPSA) is 0 Å². The van der Waals surface area contributed by atoms with Gasteiger partial charge in [0, 0.05) is 61.8 Å². The van der Waals surface area contributed by atoms with Crippen molar-refractivity contribution in [2.24, 2.45) is 0 Å². The summed E-state index contributed by atoms with van der Waals surface area (Å²) in [6, 6.07) is 0. The Morgan fingerprint density at radius 2 is 0.833 bits per heavy atom. The SMILES string of the molecule is [Au].[Au].[Cu].[InH3].[Se][Se]. The first-order valence-corrected chi connectivity index (χ1v) is 4.50. The molecule has 0 aromatic carbocycles. The molecule has 0 aliphatic rings. The average Bonchev–Trinajstić information content (AvgIpc) is 1.00. The van der Waals surface area contributed by atoms with E-state index in [0.717, 1.165) is 0 Å². The average molecular weight is 733 g/mol. The van der Waals surface area contributed by atoms with Gasteiger partial charge in [-0.1, -0.05) is 0 Å². The Morgan fingerprint density at radius 1 is 0.833 bits per heavy atom. The Balaban J connectivity index is -0.000000000833. The molecule has 0 aliphatic carbocycles. The molecular formula is H3Au2CuInSe2. The van der Waals surface area contributed by atoms with Gasteiger partial charge < -0.3 is 0 Å². The second kappa shape index (κ2) is 36.5. The molecule has 6 heteroatoms. The Labute approximate surface area is 114 Å². The second-order valence-electron chi connectivity index (χ2n) is 0. The molecule has 0 aromatic heterocycles. The third kappa shape index (κ3) is 24.7. The minimum absolute atomic E-state index is 0. The van der Waals surface area contributed by atoms with Crippen molar-refractivity contribution in [2.75, 3.05) is 0 Å². The summed E-state index contributed by atoms with van der Waals surface area (Å²) in [4.78, 5) is 0. The van der Waals surface area contributed by atoms with Gasteiger partial charge in [0.15, 0.2) is 0 Å². The monoisotopic (exact) mass is 735 g/mol. The molecule has 0 bridgehead atoms. The minimum atomic E-state index is 0. The molecule has 0 atom stereocenters. The molecular weight excluding hydrogens is 730 g/mol. The van der Waals surface area contributed by atoms with Crippen molar-refractivity contribution >= 4 is 54.2 Å². The summed E-state index contributed by atoms with van der Waals surface area (Å²) in [6.45, 7) is 0. The van der Waals surface area contributed by atoms with Gasteiger partial charge in [-0.25, -0.2) is 0 Å². The number of hydrogen-bond acceptors (Lipinski definition) is 0. The summed E-state index contributed by atoms with van der Waals surface area (Å²) in [7, 11) is 0. The van der Waals surface area contributed by atoms with Crippen molar-refractivity contribution in [3.05, 3.63) is 0 Å². The van der Waals surface area contributed by atoms with Gasteiger partial charge in [0.25, 0.3) is 0 Å². The fourth-order valence-electron chi connectivity index (χ4n) is 0. The van der Waals surface area contributed by atoms with Crippen LogP contribution in [0.1, 0.15) is 0 Å². The molecule has 0 fully saturated rings. The molecule has 0 unspecified atom stereocenters. The summed E-state index contributed by atoms with van der Waals surface area (Å²) in [5.41, 5.74) is 0. The van der Waals surface area contributed by atoms with E-state index in [0.29, 0.717) is 0 Å². The number of hydrogen-bond donors (Lipinski definition) is 0. The van der Waals surface area contributed by atoms with Crippen molar-refractivity contribution in [3.63, 3.8) is 0 Å².